The molecule has 1 atom stereocenters. The van der Waals surface area contributed by atoms with Gasteiger partial charge in [0.25, 0.3) is 0 Å². The van der Waals surface area contributed by atoms with Gasteiger partial charge in [0.1, 0.15) is 5.82 Å². The average Bonchev–Trinajstić information content (AvgIpc) is 2.82. The van der Waals surface area contributed by atoms with Crippen molar-refractivity contribution in [2.75, 3.05) is 23.4 Å². The largest absolute Gasteiger partial charge is 0.360 e. The van der Waals surface area contributed by atoms with Crippen LogP contribution in [-0.2, 0) is 0 Å². The highest BCUT2D eigenvalue weighted by atomic mass is 32.2. The summed E-state index contributed by atoms with van der Waals surface area (Å²) in [5, 5.41) is 4.44. The second-order valence-corrected chi connectivity index (χ2v) is 6.24. The molecule has 0 radical (unpaired) electrons. The van der Waals surface area contributed by atoms with Gasteiger partial charge in [-0.3, -0.25) is 0 Å². The highest BCUT2D eigenvalue weighted by Gasteiger charge is 2.27. The molecule has 3 nitrogen and oxygen atoms in total. The van der Waals surface area contributed by atoms with E-state index in [9.17, 15) is 0 Å². The minimum absolute atomic E-state index is 0.679. The minimum atomic E-state index is 0.679. The third kappa shape index (κ3) is 2.45. The van der Waals surface area contributed by atoms with E-state index in [1.807, 2.05) is 0 Å². The van der Waals surface area contributed by atoms with Crippen LogP contribution in [0.4, 0.5) is 5.13 Å². The van der Waals surface area contributed by atoms with E-state index in [-0.39, 0.29) is 0 Å². The number of aromatic nitrogens is 2. The Kier molecular flexibility index (Phi) is 2.83. The Morgan fingerprint density at radius 1 is 1.33 bits per heavy atom. The first-order valence-electron chi connectivity index (χ1n) is 5.57. The standard InChI is InChI=1S/C10H15N3S2/c1-2-8(1)9-12-10(15-13-9)11-5-7-3-4-14-6-7/h7-8H,1-6H2,(H,11,12,13). The Labute approximate surface area is 98.2 Å². The number of hydrogen-bond acceptors (Lipinski definition) is 5. The van der Waals surface area contributed by atoms with E-state index in [0.29, 0.717) is 5.92 Å². The molecule has 1 aliphatic carbocycles. The van der Waals surface area contributed by atoms with Gasteiger partial charge in [-0.15, -0.1) is 0 Å². The van der Waals surface area contributed by atoms with Crippen molar-refractivity contribution in [3.8, 4) is 0 Å². The highest BCUT2D eigenvalue weighted by molar-refractivity contribution is 7.99. The number of rotatable bonds is 4. The fourth-order valence-corrected chi connectivity index (χ4v) is 3.73. The van der Waals surface area contributed by atoms with E-state index in [1.165, 1.54) is 42.3 Å². The van der Waals surface area contributed by atoms with Crippen LogP contribution in [0.1, 0.15) is 31.0 Å². The van der Waals surface area contributed by atoms with Gasteiger partial charge in [0.2, 0.25) is 5.13 Å². The highest BCUT2D eigenvalue weighted by Crippen LogP contribution is 2.39. The lowest BCUT2D eigenvalue weighted by Gasteiger charge is -2.07. The third-order valence-electron chi connectivity index (χ3n) is 2.95. The van der Waals surface area contributed by atoms with Crippen molar-refractivity contribution in [1.82, 2.24) is 9.36 Å². The first-order valence-corrected chi connectivity index (χ1v) is 7.50. The van der Waals surface area contributed by atoms with Crippen LogP contribution in [0.2, 0.25) is 0 Å². The van der Waals surface area contributed by atoms with E-state index in [1.54, 1.807) is 0 Å². The zero-order valence-corrected chi connectivity index (χ0v) is 10.2. The molecular formula is C10H15N3S2. The summed E-state index contributed by atoms with van der Waals surface area (Å²) in [6, 6.07) is 0. The molecule has 82 valence electrons. The fraction of sp³-hybridized carbons (Fsp3) is 0.800. The molecule has 2 aliphatic rings. The Morgan fingerprint density at radius 3 is 3.00 bits per heavy atom. The smallest absolute Gasteiger partial charge is 0.202 e. The summed E-state index contributed by atoms with van der Waals surface area (Å²) in [6.45, 7) is 1.08. The van der Waals surface area contributed by atoms with Gasteiger partial charge < -0.3 is 5.32 Å². The summed E-state index contributed by atoms with van der Waals surface area (Å²) in [5.41, 5.74) is 0. The van der Waals surface area contributed by atoms with Crippen molar-refractivity contribution in [1.29, 1.82) is 0 Å². The summed E-state index contributed by atoms with van der Waals surface area (Å²) in [4.78, 5) is 4.52. The molecule has 3 rings (SSSR count). The summed E-state index contributed by atoms with van der Waals surface area (Å²) in [6.07, 6.45) is 3.93. The van der Waals surface area contributed by atoms with Crippen LogP contribution in [0.3, 0.4) is 0 Å². The van der Waals surface area contributed by atoms with Gasteiger partial charge >= 0.3 is 0 Å². The second-order valence-electron chi connectivity index (χ2n) is 4.34. The van der Waals surface area contributed by atoms with Gasteiger partial charge in [0.05, 0.1) is 0 Å². The van der Waals surface area contributed by atoms with Crippen molar-refractivity contribution in [3.63, 3.8) is 0 Å². The van der Waals surface area contributed by atoms with Crippen LogP contribution in [0, 0.1) is 5.92 Å². The van der Waals surface area contributed by atoms with Crippen LogP contribution in [0.25, 0.3) is 0 Å². The molecule has 0 bridgehead atoms. The molecule has 2 fully saturated rings. The average molecular weight is 241 g/mol. The van der Waals surface area contributed by atoms with Crippen LogP contribution < -0.4 is 5.32 Å². The molecule has 0 amide bonds. The number of anilines is 1. The lowest BCUT2D eigenvalue weighted by Crippen LogP contribution is -2.13. The van der Waals surface area contributed by atoms with Crippen molar-refractivity contribution in [2.24, 2.45) is 5.92 Å². The van der Waals surface area contributed by atoms with Crippen molar-refractivity contribution < 1.29 is 0 Å². The Morgan fingerprint density at radius 2 is 2.27 bits per heavy atom. The zero-order chi connectivity index (χ0) is 10.1. The van der Waals surface area contributed by atoms with Gasteiger partial charge in [-0.05, 0) is 36.7 Å². The molecule has 1 saturated carbocycles. The molecule has 1 aromatic rings. The first-order chi connectivity index (χ1) is 7.42. The maximum atomic E-state index is 4.52. The fourth-order valence-electron chi connectivity index (χ4n) is 1.79. The van der Waals surface area contributed by atoms with Gasteiger partial charge in [-0.2, -0.15) is 16.1 Å². The van der Waals surface area contributed by atoms with Crippen molar-refractivity contribution in [2.45, 2.75) is 25.2 Å². The molecule has 5 heteroatoms. The Balaban J connectivity index is 1.52. The van der Waals surface area contributed by atoms with E-state index >= 15 is 0 Å². The van der Waals surface area contributed by atoms with Gasteiger partial charge in [0, 0.05) is 24.0 Å². The number of nitrogens with one attached hydrogen (secondary N) is 1. The minimum Gasteiger partial charge on any atom is -0.360 e. The van der Waals surface area contributed by atoms with Gasteiger partial charge in [-0.25, -0.2) is 4.98 Å². The normalized spacial score (nSPS) is 25.7. The van der Waals surface area contributed by atoms with E-state index in [0.717, 1.165) is 23.4 Å². The number of thioether (sulfide) groups is 1. The summed E-state index contributed by atoms with van der Waals surface area (Å²) in [7, 11) is 0. The van der Waals surface area contributed by atoms with Gasteiger partial charge in [0.15, 0.2) is 0 Å². The summed E-state index contributed by atoms with van der Waals surface area (Å²) < 4.78 is 4.39. The molecule has 0 spiro atoms. The number of nitrogens with zero attached hydrogens (tertiary/aromatic N) is 2. The van der Waals surface area contributed by atoms with Crippen molar-refractivity contribution in [3.05, 3.63) is 5.82 Å². The lowest BCUT2D eigenvalue weighted by atomic mass is 10.1. The summed E-state index contributed by atoms with van der Waals surface area (Å²) >= 11 is 3.59. The van der Waals surface area contributed by atoms with Crippen molar-refractivity contribution >= 4 is 28.4 Å². The topological polar surface area (TPSA) is 37.8 Å². The molecule has 1 aliphatic heterocycles. The lowest BCUT2D eigenvalue weighted by molar-refractivity contribution is 0.631. The molecule has 2 heterocycles. The monoisotopic (exact) mass is 241 g/mol. The molecule has 0 aromatic carbocycles. The van der Waals surface area contributed by atoms with Crippen LogP contribution in [-0.4, -0.2) is 27.4 Å². The molecule has 1 unspecified atom stereocenters. The molecule has 15 heavy (non-hydrogen) atoms. The van der Waals surface area contributed by atoms with Crippen LogP contribution in [0.15, 0.2) is 0 Å². The van der Waals surface area contributed by atoms with E-state index in [4.69, 9.17) is 0 Å². The number of hydrogen-bond donors (Lipinski definition) is 1. The van der Waals surface area contributed by atoms with Crippen LogP contribution in [0.5, 0.6) is 0 Å². The maximum absolute atomic E-state index is 4.52. The first kappa shape index (κ1) is 9.90. The maximum Gasteiger partial charge on any atom is 0.202 e. The van der Waals surface area contributed by atoms with E-state index < -0.39 is 0 Å². The molecule has 1 N–H and O–H groups in total. The van der Waals surface area contributed by atoms with Crippen LogP contribution >= 0.6 is 23.3 Å². The predicted molar refractivity (Wildman–Crippen MR) is 65.8 cm³/mol. The predicted octanol–water partition coefficient (Wildman–Crippen LogP) is 2.58. The molecule has 1 saturated heterocycles. The quantitative estimate of drug-likeness (QED) is 0.879. The zero-order valence-electron chi connectivity index (χ0n) is 8.61. The Bertz CT molecular complexity index is 329. The summed E-state index contributed by atoms with van der Waals surface area (Å²) in [5.74, 6) is 5.22. The Hall–Kier alpha value is -0.290. The van der Waals surface area contributed by atoms with Gasteiger partial charge in [-0.1, -0.05) is 0 Å². The molecule has 1 aromatic heterocycles. The van der Waals surface area contributed by atoms with E-state index in [2.05, 4.69) is 26.4 Å². The third-order valence-corrected chi connectivity index (χ3v) is 4.87. The SMILES string of the molecule is C1CC(CNc2nc(C3CC3)ns2)CS1. The molecular weight excluding hydrogens is 226 g/mol. The second kappa shape index (κ2) is 4.29.